The summed E-state index contributed by atoms with van der Waals surface area (Å²) in [7, 11) is 3.94. The van der Waals surface area contributed by atoms with Crippen LogP contribution < -0.4 is 4.90 Å². The molecule has 0 spiro atoms. The molecule has 2 aromatic carbocycles. The lowest BCUT2D eigenvalue weighted by molar-refractivity contribution is -0.149. The number of amides is 1. The van der Waals surface area contributed by atoms with Crippen LogP contribution in [0.5, 0.6) is 0 Å². The van der Waals surface area contributed by atoms with E-state index in [1.54, 1.807) is 11.8 Å². The molecule has 0 atom stereocenters. The van der Waals surface area contributed by atoms with Crippen LogP contribution in [0.15, 0.2) is 65.8 Å². The number of aromatic nitrogens is 2. The van der Waals surface area contributed by atoms with Gasteiger partial charge in [0.2, 0.25) is 0 Å². The topological polar surface area (TPSA) is 75.6 Å². The van der Waals surface area contributed by atoms with E-state index in [2.05, 4.69) is 0 Å². The summed E-state index contributed by atoms with van der Waals surface area (Å²) in [5.74, 6) is 1.23. The van der Waals surface area contributed by atoms with Crippen molar-refractivity contribution >= 4 is 29.5 Å². The minimum atomic E-state index is -0.153. The van der Waals surface area contributed by atoms with Crippen molar-refractivity contribution in [2.75, 3.05) is 38.7 Å². The quantitative estimate of drug-likeness (QED) is 0.245. The molecule has 2 heterocycles. The highest BCUT2D eigenvalue weighted by molar-refractivity contribution is 7.98. The minimum Gasteiger partial charge on any atom is -0.466 e. The lowest BCUT2D eigenvalue weighted by atomic mass is 9.96. The molecule has 36 heavy (non-hydrogen) atoms. The third-order valence-electron chi connectivity index (χ3n) is 6.16. The molecule has 1 aromatic heterocycles. The first kappa shape index (κ1) is 25.7. The number of esters is 1. The van der Waals surface area contributed by atoms with E-state index in [1.165, 1.54) is 0 Å². The summed E-state index contributed by atoms with van der Waals surface area (Å²) < 4.78 is 5.14. The number of hydrogen-bond donors (Lipinski definition) is 0. The van der Waals surface area contributed by atoms with Gasteiger partial charge in [0.1, 0.15) is 5.82 Å². The average Bonchev–Trinajstić information content (AvgIpc) is 2.92. The Hall–Kier alpha value is -3.39. The predicted molar refractivity (Wildman–Crippen MR) is 143 cm³/mol. The van der Waals surface area contributed by atoms with Gasteiger partial charge in [0.25, 0.3) is 5.91 Å². The standard InChI is InChI=1S/C28H32N4O3S/c1-4-35-27(34)22-13-15-32(16-14-22)26(33)23-12-8-9-20(17-23)19-36-28-29-24(18-25(30-28)31(2)3)21-10-6-5-7-11-21/h5-12,17-18,22H,4,13-16,19H2,1-3H3. The van der Waals surface area contributed by atoms with Gasteiger partial charge in [0.15, 0.2) is 5.16 Å². The molecule has 0 radical (unpaired) electrons. The Morgan fingerprint density at radius 3 is 2.47 bits per heavy atom. The van der Waals surface area contributed by atoms with Crippen LogP contribution in [-0.2, 0) is 15.3 Å². The molecule has 3 aromatic rings. The molecule has 4 rings (SSSR count). The number of rotatable bonds is 8. The molecule has 188 valence electrons. The number of benzene rings is 2. The van der Waals surface area contributed by atoms with Crippen molar-refractivity contribution in [1.82, 2.24) is 14.9 Å². The average molecular weight is 505 g/mol. The van der Waals surface area contributed by atoms with Crippen LogP contribution in [-0.4, -0.2) is 60.5 Å². The molecule has 0 unspecified atom stereocenters. The predicted octanol–water partition coefficient (Wildman–Crippen LogP) is 4.92. The molecular weight excluding hydrogens is 472 g/mol. The molecule has 1 aliphatic rings. The van der Waals surface area contributed by atoms with Crippen molar-refractivity contribution in [1.29, 1.82) is 0 Å². The number of carbonyl (C=O) groups excluding carboxylic acids is 2. The second kappa shape index (κ2) is 12.0. The first-order valence-electron chi connectivity index (χ1n) is 12.2. The SMILES string of the molecule is CCOC(=O)C1CCN(C(=O)c2cccc(CSc3nc(-c4ccccc4)cc(N(C)C)n3)c2)CC1. The van der Waals surface area contributed by atoms with E-state index in [9.17, 15) is 9.59 Å². The smallest absolute Gasteiger partial charge is 0.309 e. The maximum absolute atomic E-state index is 13.1. The fourth-order valence-corrected chi connectivity index (χ4v) is 4.96. The summed E-state index contributed by atoms with van der Waals surface area (Å²) >= 11 is 1.55. The first-order chi connectivity index (χ1) is 17.4. The number of piperidine rings is 1. The largest absolute Gasteiger partial charge is 0.466 e. The number of carbonyl (C=O) groups is 2. The van der Waals surface area contributed by atoms with Crippen LogP contribution in [0.25, 0.3) is 11.3 Å². The Kier molecular flexibility index (Phi) is 8.59. The molecule has 7 nitrogen and oxygen atoms in total. The highest BCUT2D eigenvalue weighted by Crippen LogP contribution is 2.27. The zero-order valence-electron chi connectivity index (χ0n) is 21.0. The fourth-order valence-electron chi connectivity index (χ4n) is 4.17. The van der Waals surface area contributed by atoms with Gasteiger partial charge >= 0.3 is 5.97 Å². The summed E-state index contributed by atoms with van der Waals surface area (Å²) in [6, 6.07) is 19.8. The first-order valence-corrected chi connectivity index (χ1v) is 13.2. The van der Waals surface area contributed by atoms with Gasteiger partial charge in [-0.05, 0) is 37.5 Å². The molecular formula is C28H32N4O3S. The maximum Gasteiger partial charge on any atom is 0.309 e. The lowest BCUT2D eigenvalue weighted by Gasteiger charge is -2.31. The summed E-state index contributed by atoms with van der Waals surface area (Å²) in [5, 5.41) is 0.692. The van der Waals surface area contributed by atoms with E-state index in [0.717, 1.165) is 22.6 Å². The van der Waals surface area contributed by atoms with Crippen molar-refractivity contribution in [2.24, 2.45) is 5.92 Å². The zero-order chi connectivity index (χ0) is 25.5. The van der Waals surface area contributed by atoms with Crippen LogP contribution in [0.1, 0.15) is 35.7 Å². The van der Waals surface area contributed by atoms with Crippen LogP contribution in [0.3, 0.4) is 0 Å². The van der Waals surface area contributed by atoms with Gasteiger partial charge in [-0.25, -0.2) is 9.97 Å². The lowest BCUT2D eigenvalue weighted by Crippen LogP contribution is -2.40. The van der Waals surface area contributed by atoms with Gasteiger partial charge in [-0.15, -0.1) is 0 Å². The highest BCUT2D eigenvalue weighted by Gasteiger charge is 2.28. The Morgan fingerprint density at radius 2 is 1.78 bits per heavy atom. The Bertz CT molecular complexity index is 1190. The van der Waals surface area contributed by atoms with Gasteiger partial charge in [-0.2, -0.15) is 0 Å². The highest BCUT2D eigenvalue weighted by atomic mass is 32.2. The van der Waals surface area contributed by atoms with Crippen molar-refractivity contribution in [2.45, 2.75) is 30.7 Å². The van der Waals surface area contributed by atoms with Crippen LogP contribution in [0, 0.1) is 5.92 Å². The van der Waals surface area contributed by atoms with Crippen LogP contribution in [0.2, 0.25) is 0 Å². The van der Waals surface area contributed by atoms with Crippen LogP contribution >= 0.6 is 11.8 Å². The molecule has 1 amide bonds. The maximum atomic E-state index is 13.1. The second-order valence-corrected chi connectivity index (χ2v) is 9.90. The molecule has 1 fully saturated rings. The third kappa shape index (κ3) is 6.43. The monoisotopic (exact) mass is 504 g/mol. The number of likely N-dealkylation sites (tertiary alicyclic amines) is 1. The Morgan fingerprint density at radius 1 is 1.03 bits per heavy atom. The summed E-state index contributed by atoms with van der Waals surface area (Å²) in [5.41, 5.74) is 3.62. The molecule has 0 saturated carbocycles. The van der Waals surface area contributed by atoms with E-state index in [4.69, 9.17) is 14.7 Å². The number of nitrogens with zero attached hydrogens (tertiary/aromatic N) is 4. The van der Waals surface area contributed by atoms with Crippen molar-refractivity contribution in [3.8, 4) is 11.3 Å². The van der Waals surface area contributed by atoms with Crippen molar-refractivity contribution in [3.63, 3.8) is 0 Å². The summed E-state index contributed by atoms with van der Waals surface area (Å²) in [4.78, 5) is 38.4. The number of ether oxygens (including phenoxy) is 1. The number of anilines is 1. The van der Waals surface area contributed by atoms with E-state index < -0.39 is 0 Å². The zero-order valence-corrected chi connectivity index (χ0v) is 21.8. The van der Waals surface area contributed by atoms with Gasteiger partial charge in [-0.1, -0.05) is 54.2 Å². The normalized spacial score (nSPS) is 13.9. The van der Waals surface area contributed by atoms with Crippen LogP contribution in [0.4, 0.5) is 5.82 Å². The summed E-state index contributed by atoms with van der Waals surface area (Å²) in [6.07, 6.45) is 1.28. The third-order valence-corrected chi connectivity index (χ3v) is 7.08. The van der Waals surface area contributed by atoms with E-state index in [1.807, 2.05) is 91.5 Å². The Balaban J connectivity index is 1.42. The van der Waals surface area contributed by atoms with Gasteiger partial charge < -0.3 is 14.5 Å². The summed E-state index contributed by atoms with van der Waals surface area (Å²) in [6.45, 7) is 3.33. The molecule has 1 aliphatic heterocycles. The van der Waals surface area contributed by atoms with E-state index in [-0.39, 0.29) is 17.8 Å². The number of hydrogen-bond acceptors (Lipinski definition) is 7. The molecule has 0 N–H and O–H groups in total. The van der Waals surface area contributed by atoms with Gasteiger partial charge in [-0.3, -0.25) is 9.59 Å². The van der Waals surface area contributed by atoms with E-state index in [0.29, 0.717) is 49.0 Å². The van der Waals surface area contributed by atoms with Gasteiger partial charge in [0, 0.05) is 50.1 Å². The minimum absolute atomic E-state index is 0.00128. The molecule has 0 aliphatic carbocycles. The van der Waals surface area contributed by atoms with E-state index >= 15 is 0 Å². The molecule has 0 bridgehead atoms. The van der Waals surface area contributed by atoms with Crippen molar-refractivity contribution < 1.29 is 14.3 Å². The number of thioether (sulfide) groups is 1. The Labute approximate surface area is 216 Å². The second-order valence-electron chi connectivity index (χ2n) is 8.96. The molecule has 8 heteroatoms. The van der Waals surface area contributed by atoms with Crippen molar-refractivity contribution in [3.05, 3.63) is 71.8 Å². The van der Waals surface area contributed by atoms with Gasteiger partial charge in [0.05, 0.1) is 18.2 Å². The fraction of sp³-hybridized carbons (Fsp3) is 0.357. The molecule has 1 saturated heterocycles.